The number of rotatable bonds is 5. The number of furan rings is 1. The summed E-state index contributed by atoms with van der Waals surface area (Å²) in [6, 6.07) is 34.3. The Morgan fingerprint density at radius 3 is 2.44 bits per heavy atom. The van der Waals surface area contributed by atoms with E-state index in [2.05, 4.69) is 41.4 Å². The molecule has 3 aromatic heterocycles. The van der Waals surface area contributed by atoms with Crippen LogP contribution in [0, 0.1) is 0 Å². The highest BCUT2D eigenvalue weighted by Gasteiger charge is 2.17. The second-order valence-corrected chi connectivity index (χ2v) is 8.53. The van der Waals surface area contributed by atoms with Crippen molar-refractivity contribution in [2.24, 2.45) is 0 Å². The molecular weight excluding hydrogens is 416 g/mol. The van der Waals surface area contributed by atoms with Crippen LogP contribution >= 0.6 is 0 Å². The number of fused-ring (bicyclic) bond motifs is 3. The number of benzene rings is 3. The molecule has 0 spiro atoms. The normalized spacial score (nSPS) is 13.6. The molecule has 6 aromatic rings. The van der Waals surface area contributed by atoms with Crippen molar-refractivity contribution in [3.63, 3.8) is 0 Å². The fourth-order valence-electron chi connectivity index (χ4n) is 4.47. The first-order chi connectivity index (χ1) is 17.1. The van der Waals surface area contributed by atoms with Gasteiger partial charge in [0.1, 0.15) is 11.1 Å². The van der Waals surface area contributed by atoms with Crippen molar-refractivity contribution in [2.45, 2.75) is 19.2 Å². The highest BCUT2D eigenvalue weighted by Crippen LogP contribution is 2.35. The monoisotopic (exact) mass is 441 g/mol. The SMILES string of the molecule is [2H]C(C)(c1ccccc1)c1ccc2oc3c(-c4cc(Cc5ccccc5)ccn4)cccc3c2n1. The van der Waals surface area contributed by atoms with Crippen LogP contribution in [0.5, 0.6) is 0 Å². The molecular formula is C31H24N2O. The first kappa shape index (κ1) is 19.2. The van der Waals surface area contributed by atoms with E-state index in [0.717, 1.165) is 39.7 Å². The predicted molar refractivity (Wildman–Crippen MR) is 138 cm³/mol. The van der Waals surface area contributed by atoms with Gasteiger partial charge in [0.25, 0.3) is 0 Å². The summed E-state index contributed by atoms with van der Waals surface area (Å²) in [5.41, 5.74) is 8.11. The maximum Gasteiger partial charge on any atom is 0.153 e. The minimum absolute atomic E-state index is 0.687. The summed E-state index contributed by atoms with van der Waals surface area (Å²) in [4.78, 5) is 9.58. The summed E-state index contributed by atoms with van der Waals surface area (Å²) < 4.78 is 15.3. The standard InChI is InChI=1S/C31H24N2O/c1-21(24-11-6-3-7-12-24)27-15-16-29-30(33-27)26-14-8-13-25(31(26)34-29)28-20-23(17-18-32-28)19-22-9-4-2-5-10-22/h2-18,20-21H,19H2,1H3/i21D. The Morgan fingerprint density at radius 1 is 0.824 bits per heavy atom. The van der Waals surface area contributed by atoms with Gasteiger partial charge in [-0.3, -0.25) is 4.98 Å². The topological polar surface area (TPSA) is 38.9 Å². The Labute approximate surface area is 200 Å². The van der Waals surface area contributed by atoms with Crippen molar-refractivity contribution in [3.05, 3.63) is 132 Å². The van der Waals surface area contributed by atoms with Gasteiger partial charge in [-0.05, 0) is 59.5 Å². The molecule has 0 aliphatic carbocycles. The third kappa shape index (κ3) is 3.75. The van der Waals surface area contributed by atoms with Crippen LogP contribution in [0.2, 0.25) is 0 Å². The maximum atomic E-state index is 9.03. The second-order valence-electron chi connectivity index (χ2n) is 8.53. The molecule has 0 aliphatic rings. The van der Waals surface area contributed by atoms with Crippen molar-refractivity contribution in [3.8, 4) is 11.3 Å². The molecule has 3 heterocycles. The molecule has 0 fully saturated rings. The average molecular weight is 442 g/mol. The largest absolute Gasteiger partial charge is 0.454 e. The van der Waals surface area contributed by atoms with E-state index in [4.69, 9.17) is 10.8 Å². The lowest BCUT2D eigenvalue weighted by molar-refractivity contribution is 0.668. The quantitative estimate of drug-likeness (QED) is 0.274. The molecule has 0 saturated carbocycles. The minimum atomic E-state index is -0.968. The first-order valence-electron chi connectivity index (χ1n) is 12.0. The molecule has 0 radical (unpaired) electrons. The third-order valence-corrected chi connectivity index (χ3v) is 6.28. The lowest BCUT2D eigenvalue weighted by Gasteiger charge is -2.11. The van der Waals surface area contributed by atoms with Gasteiger partial charge in [0.2, 0.25) is 0 Å². The van der Waals surface area contributed by atoms with Gasteiger partial charge in [0.15, 0.2) is 5.58 Å². The lowest BCUT2D eigenvalue weighted by atomic mass is 9.97. The van der Waals surface area contributed by atoms with Gasteiger partial charge in [0, 0.05) is 30.1 Å². The molecule has 0 aliphatic heterocycles. The van der Waals surface area contributed by atoms with Crippen molar-refractivity contribution in [2.75, 3.05) is 0 Å². The fraction of sp³-hybridized carbons (Fsp3) is 0.0968. The number of aromatic nitrogens is 2. The van der Waals surface area contributed by atoms with E-state index in [1.165, 1.54) is 11.1 Å². The van der Waals surface area contributed by atoms with E-state index in [1.807, 2.05) is 79.9 Å². The van der Waals surface area contributed by atoms with E-state index in [1.54, 1.807) is 0 Å². The van der Waals surface area contributed by atoms with Crippen LogP contribution in [0.25, 0.3) is 33.3 Å². The van der Waals surface area contributed by atoms with E-state index in [0.29, 0.717) is 11.3 Å². The molecule has 164 valence electrons. The first-order valence-corrected chi connectivity index (χ1v) is 11.5. The zero-order valence-electron chi connectivity index (χ0n) is 19.9. The van der Waals surface area contributed by atoms with Gasteiger partial charge < -0.3 is 4.42 Å². The smallest absolute Gasteiger partial charge is 0.153 e. The predicted octanol–water partition coefficient (Wildman–Crippen LogP) is 7.79. The zero-order chi connectivity index (χ0) is 23.8. The number of nitrogens with zero attached hydrogens (tertiary/aromatic N) is 2. The molecule has 0 saturated heterocycles. The van der Waals surface area contributed by atoms with Gasteiger partial charge >= 0.3 is 0 Å². The van der Waals surface area contributed by atoms with Crippen molar-refractivity contribution in [1.29, 1.82) is 0 Å². The summed E-state index contributed by atoms with van der Waals surface area (Å²) >= 11 is 0. The van der Waals surface area contributed by atoms with Crippen LogP contribution in [0.15, 0.2) is 114 Å². The second kappa shape index (κ2) is 8.60. The van der Waals surface area contributed by atoms with Gasteiger partial charge in [-0.1, -0.05) is 73.7 Å². The minimum Gasteiger partial charge on any atom is -0.454 e. The molecule has 0 amide bonds. The van der Waals surface area contributed by atoms with Crippen molar-refractivity contribution in [1.82, 2.24) is 9.97 Å². The lowest BCUT2D eigenvalue weighted by Crippen LogP contribution is -1.98. The highest BCUT2D eigenvalue weighted by atomic mass is 16.3. The van der Waals surface area contributed by atoms with E-state index < -0.39 is 5.89 Å². The number of hydrogen-bond acceptors (Lipinski definition) is 3. The summed E-state index contributed by atoms with van der Waals surface area (Å²) in [7, 11) is 0. The highest BCUT2D eigenvalue weighted by molar-refractivity contribution is 6.07. The summed E-state index contributed by atoms with van der Waals surface area (Å²) in [6.45, 7) is 1.88. The summed E-state index contributed by atoms with van der Waals surface area (Å²) in [6.07, 6.45) is 2.70. The Bertz CT molecular complexity index is 1640. The van der Waals surface area contributed by atoms with Crippen LogP contribution in [0.3, 0.4) is 0 Å². The zero-order valence-corrected chi connectivity index (χ0v) is 18.9. The van der Waals surface area contributed by atoms with Crippen LogP contribution in [0.1, 0.15) is 36.6 Å². The van der Waals surface area contributed by atoms with E-state index in [9.17, 15) is 0 Å². The molecule has 0 N–H and O–H groups in total. The molecule has 3 aromatic carbocycles. The fourth-order valence-corrected chi connectivity index (χ4v) is 4.47. The molecule has 0 bridgehead atoms. The Kier molecular flexibility index (Phi) is 4.87. The van der Waals surface area contributed by atoms with E-state index >= 15 is 0 Å². The Morgan fingerprint density at radius 2 is 1.62 bits per heavy atom. The summed E-state index contributed by atoms with van der Waals surface area (Å²) in [5.74, 6) is -0.968. The number of para-hydroxylation sites is 1. The van der Waals surface area contributed by atoms with Gasteiger partial charge in [-0.25, -0.2) is 4.98 Å². The van der Waals surface area contributed by atoms with Gasteiger partial charge in [0.05, 0.1) is 5.69 Å². The molecule has 3 heteroatoms. The van der Waals surface area contributed by atoms with Crippen LogP contribution in [-0.2, 0) is 6.42 Å². The summed E-state index contributed by atoms with van der Waals surface area (Å²) in [5, 5.41) is 0.929. The Balaban J connectivity index is 1.44. The number of hydrogen-bond donors (Lipinski definition) is 0. The molecule has 6 rings (SSSR count). The van der Waals surface area contributed by atoms with Gasteiger partial charge in [-0.15, -0.1) is 0 Å². The molecule has 3 nitrogen and oxygen atoms in total. The van der Waals surface area contributed by atoms with Crippen LogP contribution in [0.4, 0.5) is 0 Å². The van der Waals surface area contributed by atoms with Crippen molar-refractivity contribution < 1.29 is 5.79 Å². The van der Waals surface area contributed by atoms with Crippen LogP contribution in [-0.4, -0.2) is 9.97 Å². The van der Waals surface area contributed by atoms with Crippen molar-refractivity contribution >= 4 is 22.1 Å². The van der Waals surface area contributed by atoms with Crippen LogP contribution < -0.4 is 0 Å². The van der Waals surface area contributed by atoms with Gasteiger partial charge in [-0.2, -0.15) is 0 Å². The number of pyridine rings is 2. The third-order valence-electron chi connectivity index (χ3n) is 6.28. The maximum absolute atomic E-state index is 9.03. The average Bonchev–Trinajstić information content (AvgIpc) is 3.28. The molecule has 1 atom stereocenters. The molecule has 1 unspecified atom stereocenters. The Hall–Kier alpha value is -4.24. The van der Waals surface area contributed by atoms with E-state index in [-0.39, 0.29) is 0 Å². The molecule has 34 heavy (non-hydrogen) atoms.